The summed E-state index contributed by atoms with van der Waals surface area (Å²) < 4.78 is 43.5. The molecule has 2 fully saturated rings. The van der Waals surface area contributed by atoms with Crippen LogP contribution in [-0.2, 0) is 27.7 Å². The van der Waals surface area contributed by atoms with Crippen LogP contribution < -0.4 is 4.90 Å². The predicted octanol–water partition coefficient (Wildman–Crippen LogP) is 3.04. The lowest BCUT2D eigenvalue weighted by Gasteiger charge is -2.43. The molecule has 2 aromatic carbocycles. The molecular formula is C28H35FN4O7S. The number of ether oxygens (including phenoxy) is 1. The van der Waals surface area contributed by atoms with Crippen molar-refractivity contribution in [2.45, 2.75) is 39.0 Å². The molecule has 2 atom stereocenters. The molecule has 41 heavy (non-hydrogen) atoms. The first kappa shape index (κ1) is 30.3. The number of anilines is 1. The zero-order valence-electron chi connectivity index (χ0n) is 23.3. The maximum atomic E-state index is 15.0. The molecule has 1 N–H and O–H groups in total. The highest BCUT2D eigenvalue weighted by molar-refractivity contribution is 7.91. The van der Waals surface area contributed by atoms with E-state index in [-0.39, 0.29) is 54.4 Å². The SMILES string of the molecule is COC(=O)c1ccc(CN(C(=O)N2CCS(=O)(=O)CC2)c2ccc(CN3[C@H](C)CN(C(=O)O)C[C@@H]3C)cc2)c(F)c1. The summed E-state index contributed by atoms with van der Waals surface area (Å²) >= 11 is 0. The van der Waals surface area contributed by atoms with Crippen LogP contribution in [-0.4, -0.2) is 103 Å². The summed E-state index contributed by atoms with van der Waals surface area (Å²) in [6.07, 6.45) is -0.930. The van der Waals surface area contributed by atoms with Gasteiger partial charge in [0.05, 0.1) is 30.7 Å². The van der Waals surface area contributed by atoms with Gasteiger partial charge in [-0.2, -0.15) is 0 Å². The van der Waals surface area contributed by atoms with Gasteiger partial charge in [0.15, 0.2) is 9.84 Å². The lowest BCUT2D eigenvalue weighted by molar-refractivity contribution is 0.0350. The van der Waals surface area contributed by atoms with Crippen LogP contribution in [0.25, 0.3) is 0 Å². The lowest BCUT2D eigenvalue weighted by atomic mass is 10.1. The van der Waals surface area contributed by atoms with E-state index in [4.69, 9.17) is 0 Å². The molecule has 13 heteroatoms. The number of esters is 1. The number of piperazine rings is 1. The first-order valence-electron chi connectivity index (χ1n) is 13.3. The second kappa shape index (κ2) is 12.4. The molecular weight excluding hydrogens is 555 g/mol. The molecule has 0 aromatic heterocycles. The Morgan fingerprint density at radius 2 is 1.61 bits per heavy atom. The summed E-state index contributed by atoms with van der Waals surface area (Å²) in [5.41, 5.74) is 1.69. The zero-order chi connectivity index (χ0) is 29.9. The van der Waals surface area contributed by atoms with Crippen molar-refractivity contribution in [2.24, 2.45) is 0 Å². The Hall–Kier alpha value is -3.71. The topological polar surface area (TPSA) is 128 Å². The average Bonchev–Trinajstić information content (AvgIpc) is 2.93. The maximum absolute atomic E-state index is 15.0. The average molecular weight is 591 g/mol. The van der Waals surface area contributed by atoms with Gasteiger partial charge in [-0.3, -0.25) is 9.80 Å². The van der Waals surface area contributed by atoms with E-state index in [2.05, 4.69) is 9.64 Å². The van der Waals surface area contributed by atoms with E-state index in [0.29, 0.717) is 25.3 Å². The molecule has 0 unspecified atom stereocenters. The molecule has 0 saturated carbocycles. The van der Waals surface area contributed by atoms with Gasteiger partial charge in [0, 0.05) is 56.1 Å². The van der Waals surface area contributed by atoms with Gasteiger partial charge in [0.2, 0.25) is 0 Å². The maximum Gasteiger partial charge on any atom is 0.407 e. The van der Waals surface area contributed by atoms with Gasteiger partial charge in [0.1, 0.15) is 5.82 Å². The molecule has 4 rings (SSSR count). The summed E-state index contributed by atoms with van der Waals surface area (Å²) in [6.45, 7) is 5.31. The van der Waals surface area contributed by atoms with Gasteiger partial charge in [-0.1, -0.05) is 18.2 Å². The van der Waals surface area contributed by atoms with Crippen molar-refractivity contribution in [3.63, 3.8) is 0 Å². The summed E-state index contributed by atoms with van der Waals surface area (Å²) in [5.74, 6) is -1.63. The highest BCUT2D eigenvalue weighted by Gasteiger charge is 2.32. The quantitative estimate of drug-likeness (QED) is 0.509. The third-order valence-electron chi connectivity index (χ3n) is 7.63. The number of hydrogen-bond donors (Lipinski definition) is 1. The predicted molar refractivity (Wildman–Crippen MR) is 150 cm³/mol. The van der Waals surface area contributed by atoms with Crippen molar-refractivity contribution >= 4 is 33.6 Å². The van der Waals surface area contributed by atoms with E-state index in [0.717, 1.165) is 11.6 Å². The highest BCUT2D eigenvalue weighted by atomic mass is 32.2. The number of amides is 3. The number of nitrogens with zero attached hydrogens (tertiary/aromatic N) is 4. The molecule has 0 spiro atoms. The van der Waals surface area contributed by atoms with Crippen molar-refractivity contribution in [1.29, 1.82) is 0 Å². The smallest absolute Gasteiger partial charge is 0.407 e. The third-order valence-corrected chi connectivity index (χ3v) is 9.24. The normalized spacial score (nSPS) is 20.9. The van der Waals surface area contributed by atoms with Crippen LogP contribution >= 0.6 is 0 Å². The molecule has 3 amide bonds. The van der Waals surface area contributed by atoms with Crippen LogP contribution in [0, 0.1) is 5.82 Å². The standard InChI is InChI=1S/C28H35FN4O7S/c1-19-15-31(28(36)37)16-20(2)32(19)17-21-4-8-24(9-5-21)33(27(35)30-10-12-41(38,39)13-11-30)18-23-7-6-22(14-25(23)29)26(34)40-3/h4-9,14,19-20H,10-13,15-18H2,1-3H3,(H,36,37)/t19-,20+. The van der Waals surface area contributed by atoms with Gasteiger partial charge in [-0.25, -0.2) is 27.2 Å². The second-order valence-corrected chi connectivity index (χ2v) is 12.8. The van der Waals surface area contributed by atoms with Crippen molar-refractivity contribution in [3.8, 4) is 0 Å². The second-order valence-electron chi connectivity index (χ2n) is 10.5. The number of hydrogen-bond acceptors (Lipinski definition) is 7. The van der Waals surface area contributed by atoms with Crippen LogP contribution in [0.1, 0.15) is 35.3 Å². The van der Waals surface area contributed by atoms with Crippen LogP contribution in [0.4, 0.5) is 19.7 Å². The fourth-order valence-corrected chi connectivity index (χ4v) is 6.45. The lowest BCUT2D eigenvalue weighted by Crippen LogP contribution is -2.57. The number of carbonyl (C=O) groups excluding carboxylic acids is 2. The summed E-state index contributed by atoms with van der Waals surface area (Å²) in [4.78, 5) is 43.3. The molecule has 2 saturated heterocycles. The largest absolute Gasteiger partial charge is 0.465 e. The van der Waals surface area contributed by atoms with Gasteiger partial charge in [0.25, 0.3) is 0 Å². The number of sulfone groups is 1. The summed E-state index contributed by atoms with van der Waals surface area (Å²) in [7, 11) is -2.01. The highest BCUT2D eigenvalue weighted by Crippen LogP contribution is 2.25. The number of carbonyl (C=O) groups is 3. The van der Waals surface area contributed by atoms with Crippen LogP contribution in [0.5, 0.6) is 0 Å². The number of halogens is 1. The van der Waals surface area contributed by atoms with Crippen molar-refractivity contribution in [3.05, 3.63) is 65.0 Å². The summed E-state index contributed by atoms with van der Waals surface area (Å²) in [5, 5.41) is 9.37. The number of rotatable bonds is 6. The Bertz CT molecular complexity index is 1380. The van der Waals surface area contributed by atoms with Crippen LogP contribution in [0.2, 0.25) is 0 Å². The zero-order valence-corrected chi connectivity index (χ0v) is 24.1. The van der Waals surface area contributed by atoms with Crippen LogP contribution in [0.15, 0.2) is 42.5 Å². The first-order valence-corrected chi connectivity index (χ1v) is 15.2. The molecule has 2 aliphatic rings. The van der Waals surface area contributed by atoms with E-state index in [9.17, 15) is 27.9 Å². The van der Waals surface area contributed by atoms with Crippen molar-refractivity contribution in [2.75, 3.05) is 49.7 Å². The molecule has 222 valence electrons. The van der Waals surface area contributed by atoms with E-state index < -0.39 is 33.7 Å². The number of carboxylic acid groups (broad SMARTS) is 1. The molecule has 0 bridgehead atoms. The minimum atomic E-state index is -3.21. The minimum absolute atomic E-state index is 0.0129. The first-order chi connectivity index (χ1) is 19.4. The van der Waals surface area contributed by atoms with E-state index >= 15 is 4.39 Å². The van der Waals surface area contributed by atoms with Gasteiger partial charge in [-0.15, -0.1) is 0 Å². The molecule has 2 aliphatic heterocycles. The molecule has 11 nitrogen and oxygen atoms in total. The molecule has 0 radical (unpaired) electrons. The fraction of sp³-hybridized carbons (Fsp3) is 0.464. The Balaban J connectivity index is 1.56. The van der Waals surface area contributed by atoms with Crippen molar-refractivity contribution in [1.82, 2.24) is 14.7 Å². The van der Waals surface area contributed by atoms with E-state index in [1.165, 1.54) is 33.9 Å². The molecule has 2 aromatic rings. The molecule has 0 aliphatic carbocycles. The van der Waals surface area contributed by atoms with Crippen molar-refractivity contribution < 1.29 is 37.0 Å². The molecule has 2 heterocycles. The third kappa shape index (κ3) is 7.14. The van der Waals surface area contributed by atoms with Gasteiger partial charge < -0.3 is 19.6 Å². The minimum Gasteiger partial charge on any atom is -0.465 e. The fourth-order valence-electron chi connectivity index (χ4n) is 5.25. The Morgan fingerprint density at radius 3 is 2.15 bits per heavy atom. The van der Waals surface area contributed by atoms with E-state index in [1.54, 1.807) is 12.1 Å². The Labute approximate surface area is 239 Å². The van der Waals surface area contributed by atoms with Crippen LogP contribution in [0.3, 0.4) is 0 Å². The van der Waals surface area contributed by atoms with Gasteiger partial charge in [-0.05, 0) is 43.7 Å². The number of urea groups is 1. The Morgan fingerprint density at radius 1 is 1.00 bits per heavy atom. The number of methoxy groups -OCH3 is 1. The summed E-state index contributed by atoms with van der Waals surface area (Å²) in [6, 6.07) is 10.8. The number of benzene rings is 2. The van der Waals surface area contributed by atoms with E-state index in [1.807, 2.05) is 26.0 Å². The van der Waals surface area contributed by atoms with Gasteiger partial charge >= 0.3 is 18.1 Å². The monoisotopic (exact) mass is 590 g/mol. The Kier molecular flexibility index (Phi) is 9.17.